The van der Waals surface area contributed by atoms with Gasteiger partial charge in [0.05, 0.1) is 10.7 Å². The van der Waals surface area contributed by atoms with Gasteiger partial charge in [0.2, 0.25) is 5.95 Å². The molecule has 1 aromatic heterocycles. The van der Waals surface area contributed by atoms with Gasteiger partial charge in [-0.15, -0.1) is 0 Å². The average Bonchev–Trinajstić information content (AvgIpc) is 3.12. The fraction of sp³-hybridized carbons (Fsp3) is 0.444. The first-order valence-electron chi connectivity index (χ1n) is 8.45. The van der Waals surface area contributed by atoms with Gasteiger partial charge in [-0.3, -0.25) is 4.90 Å². The summed E-state index contributed by atoms with van der Waals surface area (Å²) in [4.78, 5) is 13.9. The van der Waals surface area contributed by atoms with E-state index in [9.17, 15) is 4.39 Å². The topological polar surface area (TPSA) is 32.3 Å². The summed E-state index contributed by atoms with van der Waals surface area (Å²) in [5.74, 6) is 0.518. The van der Waals surface area contributed by atoms with Crippen molar-refractivity contribution in [1.29, 1.82) is 0 Å². The van der Waals surface area contributed by atoms with Crippen LogP contribution in [0.5, 0.6) is 0 Å². The Bertz CT molecular complexity index is 746. The molecule has 4 nitrogen and oxygen atoms in total. The third-order valence-corrected chi connectivity index (χ3v) is 5.09. The predicted octanol–water partition coefficient (Wildman–Crippen LogP) is 3.43. The first-order valence-corrected chi connectivity index (χ1v) is 8.83. The van der Waals surface area contributed by atoms with Gasteiger partial charge in [0.25, 0.3) is 0 Å². The van der Waals surface area contributed by atoms with Crippen LogP contribution in [0, 0.1) is 5.82 Å². The van der Waals surface area contributed by atoms with E-state index in [1.54, 1.807) is 6.07 Å². The first-order chi connectivity index (χ1) is 11.7. The number of halogens is 2. The van der Waals surface area contributed by atoms with E-state index < -0.39 is 0 Å². The van der Waals surface area contributed by atoms with E-state index >= 15 is 0 Å². The molecular weight excluding hydrogens is 327 g/mol. The molecule has 2 aromatic rings. The van der Waals surface area contributed by atoms with Crippen LogP contribution in [0.2, 0.25) is 5.02 Å². The van der Waals surface area contributed by atoms with Gasteiger partial charge in [-0.25, -0.2) is 14.4 Å². The molecule has 0 radical (unpaired) electrons. The molecule has 0 amide bonds. The Morgan fingerprint density at radius 3 is 2.79 bits per heavy atom. The van der Waals surface area contributed by atoms with E-state index in [0.717, 1.165) is 49.8 Å². The summed E-state index contributed by atoms with van der Waals surface area (Å²) in [5, 5.41) is 0.172. The molecule has 24 heavy (non-hydrogen) atoms. The summed E-state index contributed by atoms with van der Waals surface area (Å²) < 4.78 is 13.6. The van der Waals surface area contributed by atoms with E-state index in [1.165, 1.54) is 24.5 Å². The summed E-state index contributed by atoms with van der Waals surface area (Å²) in [5.41, 5.74) is 3.28. The third kappa shape index (κ3) is 3.23. The van der Waals surface area contributed by atoms with Crippen LogP contribution < -0.4 is 4.90 Å². The van der Waals surface area contributed by atoms with Crippen molar-refractivity contribution in [2.75, 3.05) is 24.5 Å². The highest BCUT2D eigenvalue weighted by Gasteiger charge is 2.21. The van der Waals surface area contributed by atoms with Gasteiger partial charge in [-0.2, -0.15) is 0 Å². The molecule has 0 spiro atoms. The van der Waals surface area contributed by atoms with Crippen LogP contribution in [0.3, 0.4) is 0 Å². The van der Waals surface area contributed by atoms with Crippen molar-refractivity contribution >= 4 is 17.5 Å². The molecule has 2 aliphatic heterocycles. The van der Waals surface area contributed by atoms with E-state index in [0.29, 0.717) is 6.54 Å². The lowest BCUT2D eigenvalue weighted by Crippen LogP contribution is -2.31. The molecular formula is C18H20ClFN4. The fourth-order valence-electron chi connectivity index (χ4n) is 3.46. The van der Waals surface area contributed by atoms with E-state index in [4.69, 9.17) is 16.6 Å². The molecule has 1 saturated heterocycles. The maximum atomic E-state index is 13.6. The van der Waals surface area contributed by atoms with Crippen LogP contribution in [0.4, 0.5) is 10.3 Å². The molecule has 0 bridgehead atoms. The van der Waals surface area contributed by atoms with Gasteiger partial charge in [0.15, 0.2) is 0 Å². The predicted molar refractivity (Wildman–Crippen MR) is 92.7 cm³/mol. The van der Waals surface area contributed by atoms with E-state index in [2.05, 4.69) is 14.8 Å². The van der Waals surface area contributed by atoms with Crippen molar-refractivity contribution in [1.82, 2.24) is 14.9 Å². The molecule has 0 saturated carbocycles. The average molecular weight is 347 g/mol. The second kappa shape index (κ2) is 6.65. The summed E-state index contributed by atoms with van der Waals surface area (Å²) >= 11 is 5.75. The zero-order valence-electron chi connectivity index (χ0n) is 13.5. The molecule has 6 heteroatoms. The summed E-state index contributed by atoms with van der Waals surface area (Å²) in [6.45, 7) is 4.56. The molecule has 126 valence electrons. The maximum Gasteiger partial charge on any atom is 0.225 e. The van der Waals surface area contributed by atoms with Gasteiger partial charge in [0, 0.05) is 50.9 Å². The first kappa shape index (κ1) is 15.8. The monoisotopic (exact) mass is 346 g/mol. The SMILES string of the molecule is Fc1cc(CN2CCc3nc(N4CCCC4)ncc3C2)ccc1Cl. The molecule has 2 aliphatic rings. The van der Waals surface area contributed by atoms with Crippen LogP contribution in [-0.4, -0.2) is 34.5 Å². The van der Waals surface area contributed by atoms with Crippen molar-refractivity contribution < 1.29 is 4.39 Å². The summed E-state index contributed by atoms with van der Waals surface area (Å²) in [6.07, 6.45) is 5.33. The lowest BCUT2D eigenvalue weighted by atomic mass is 10.1. The number of fused-ring (bicyclic) bond motifs is 1. The zero-order valence-corrected chi connectivity index (χ0v) is 14.3. The van der Waals surface area contributed by atoms with Gasteiger partial charge >= 0.3 is 0 Å². The van der Waals surface area contributed by atoms with Gasteiger partial charge < -0.3 is 4.90 Å². The molecule has 0 aliphatic carbocycles. The number of nitrogens with zero attached hydrogens (tertiary/aromatic N) is 4. The summed E-state index contributed by atoms with van der Waals surface area (Å²) in [7, 11) is 0. The normalized spacial score (nSPS) is 18.0. The maximum absolute atomic E-state index is 13.6. The van der Waals surface area contributed by atoms with Gasteiger partial charge in [0.1, 0.15) is 5.82 Å². The molecule has 1 fully saturated rings. The van der Waals surface area contributed by atoms with Crippen LogP contribution in [0.25, 0.3) is 0 Å². The van der Waals surface area contributed by atoms with Gasteiger partial charge in [-0.05, 0) is 30.5 Å². The Morgan fingerprint density at radius 1 is 1.17 bits per heavy atom. The highest BCUT2D eigenvalue weighted by atomic mass is 35.5. The van der Waals surface area contributed by atoms with Gasteiger partial charge in [-0.1, -0.05) is 17.7 Å². The van der Waals surface area contributed by atoms with Crippen molar-refractivity contribution in [2.24, 2.45) is 0 Å². The number of aromatic nitrogens is 2. The minimum atomic E-state index is -0.356. The van der Waals surface area contributed by atoms with Crippen molar-refractivity contribution in [2.45, 2.75) is 32.4 Å². The smallest absolute Gasteiger partial charge is 0.225 e. The number of anilines is 1. The molecule has 0 atom stereocenters. The van der Waals surface area contributed by atoms with E-state index in [-0.39, 0.29) is 10.8 Å². The standard InChI is InChI=1S/C18H20ClFN4/c19-15-4-3-13(9-16(15)20)11-23-8-5-17-14(12-23)10-21-18(22-17)24-6-1-2-7-24/h3-4,9-10H,1-2,5-8,11-12H2. The Morgan fingerprint density at radius 2 is 2.00 bits per heavy atom. The lowest BCUT2D eigenvalue weighted by Gasteiger charge is -2.28. The minimum absolute atomic E-state index is 0.172. The van der Waals surface area contributed by atoms with Crippen LogP contribution >= 0.6 is 11.6 Å². The van der Waals surface area contributed by atoms with E-state index in [1.807, 2.05) is 12.3 Å². The largest absolute Gasteiger partial charge is 0.341 e. The Labute approximate surface area is 146 Å². The molecule has 0 unspecified atom stereocenters. The third-order valence-electron chi connectivity index (χ3n) is 4.78. The number of rotatable bonds is 3. The molecule has 1 aromatic carbocycles. The Hall–Kier alpha value is -1.72. The molecule has 0 N–H and O–H groups in total. The lowest BCUT2D eigenvalue weighted by molar-refractivity contribution is 0.242. The Kier molecular flexibility index (Phi) is 4.37. The van der Waals surface area contributed by atoms with Crippen molar-refractivity contribution in [3.63, 3.8) is 0 Å². The Balaban J connectivity index is 1.46. The van der Waals surface area contributed by atoms with Crippen LogP contribution in [-0.2, 0) is 19.5 Å². The fourth-order valence-corrected chi connectivity index (χ4v) is 3.58. The quantitative estimate of drug-likeness (QED) is 0.852. The molecule has 3 heterocycles. The summed E-state index contributed by atoms with van der Waals surface area (Å²) in [6, 6.07) is 5.02. The number of hydrogen-bond acceptors (Lipinski definition) is 4. The van der Waals surface area contributed by atoms with Crippen LogP contribution in [0.15, 0.2) is 24.4 Å². The van der Waals surface area contributed by atoms with Crippen LogP contribution in [0.1, 0.15) is 29.7 Å². The minimum Gasteiger partial charge on any atom is -0.341 e. The second-order valence-corrected chi connectivity index (χ2v) is 6.95. The molecule has 4 rings (SSSR count). The van der Waals surface area contributed by atoms with Crippen molar-refractivity contribution in [3.05, 3.63) is 52.1 Å². The highest BCUT2D eigenvalue weighted by Crippen LogP contribution is 2.23. The van der Waals surface area contributed by atoms with Crippen molar-refractivity contribution in [3.8, 4) is 0 Å². The number of hydrogen-bond donors (Lipinski definition) is 0. The zero-order chi connectivity index (χ0) is 16.5. The highest BCUT2D eigenvalue weighted by molar-refractivity contribution is 6.30. The number of benzene rings is 1. The second-order valence-electron chi connectivity index (χ2n) is 6.55.